The van der Waals surface area contributed by atoms with Gasteiger partial charge in [0.1, 0.15) is 11.3 Å². The summed E-state index contributed by atoms with van der Waals surface area (Å²) in [5, 5.41) is 17.3. The second kappa shape index (κ2) is 6.80. The maximum absolute atomic E-state index is 11.9. The van der Waals surface area contributed by atoms with Crippen LogP contribution in [-0.4, -0.2) is 32.1 Å². The zero-order valence-electron chi connectivity index (χ0n) is 10.9. The average molecular weight is 310 g/mol. The van der Waals surface area contributed by atoms with Gasteiger partial charge in [0.15, 0.2) is 0 Å². The smallest absolute Gasteiger partial charge is 0.288 e. The van der Waals surface area contributed by atoms with Crippen LogP contribution in [-0.2, 0) is 6.54 Å². The van der Waals surface area contributed by atoms with Crippen molar-refractivity contribution in [3.63, 3.8) is 0 Å². The van der Waals surface area contributed by atoms with Gasteiger partial charge in [0, 0.05) is 31.5 Å². The van der Waals surface area contributed by atoms with Crippen LogP contribution in [0.25, 0.3) is 0 Å². The lowest BCUT2D eigenvalue weighted by Crippen LogP contribution is -2.26. The Morgan fingerprint density at radius 1 is 1.52 bits per heavy atom. The molecule has 0 spiro atoms. The predicted octanol–water partition coefficient (Wildman–Crippen LogP) is 1.66. The summed E-state index contributed by atoms with van der Waals surface area (Å²) in [6.45, 7) is 1.06. The van der Waals surface area contributed by atoms with E-state index in [2.05, 4.69) is 15.4 Å². The van der Waals surface area contributed by atoms with Crippen molar-refractivity contribution in [2.75, 3.05) is 6.54 Å². The highest BCUT2D eigenvalue weighted by Gasteiger charge is 2.16. The Balaban J connectivity index is 1.90. The molecular weight excluding hydrogens is 298 g/mol. The van der Waals surface area contributed by atoms with Gasteiger partial charge in [-0.25, -0.2) is 4.98 Å². The van der Waals surface area contributed by atoms with E-state index in [1.54, 1.807) is 10.9 Å². The summed E-state index contributed by atoms with van der Waals surface area (Å²) >= 11 is 5.78. The highest BCUT2D eigenvalue weighted by atomic mass is 35.5. The monoisotopic (exact) mass is 309 g/mol. The zero-order valence-corrected chi connectivity index (χ0v) is 11.7. The molecule has 0 saturated heterocycles. The molecule has 0 aliphatic heterocycles. The Kier molecular flexibility index (Phi) is 4.83. The molecule has 0 bridgehead atoms. The average Bonchev–Trinajstić information content (AvgIpc) is 2.96. The second-order valence-corrected chi connectivity index (χ2v) is 4.53. The van der Waals surface area contributed by atoms with Gasteiger partial charge in [-0.3, -0.25) is 19.6 Å². The molecule has 8 nitrogen and oxygen atoms in total. The van der Waals surface area contributed by atoms with Crippen LogP contribution >= 0.6 is 11.6 Å². The van der Waals surface area contributed by atoms with E-state index in [-0.39, 0.29) is 16.4 Å². The maximum atomic E-state index is 11.9. The van der Waals surface area contributed by atoms with Gasteiger partial charge in [-0.05, 0) is 12.5 Å². The van der Waals surface area contributed by atoms with Crippen LogP contribution in [0.15, 0.2) is 30.7 Å². The molecule has 0 aromatic carbocycles. The fraction of sp³-hybridized carbons (Fsp3) is 0.250. The first-order chi connectivity index (χ1) is 10.1. The van der Waals surface area contributed by atoms with E-state index in [9.17, 15) is 14.9 Å². The number of nitro groups is 1. The van der Waals surface area contributed by atoms with Crippen molar-refractivity contribution in [2.45, 2.75) is 13.0 Å². The molecule has 0 unspecified atom stereocenters. The summed E-state index contributed by atoms with van der Waals surface area (Å²) in [7, 11) is 0. The van der Waals surface area contributed by atoms with Crippen LogP contribution in [0, 0.1) is 10.1 Å². The van der Waals surface area contributed by atoms with E-state index < -0.39 is 10.8 Å². The van der Waals surface area contributed by atoms with Gasteiger partial charge >= 0.3 is 0 Å². The standard InChI is InChI=1S/C12H12ClN5O3/c13-11-10(7-9(8-15-11)18(20)21)12(19)14-3-1-5-17-6-2-4-16-17/h2,4,6-8H,1,3,5H2,(H,14,19). The summed E-state index contributed by atoms with van der Waals surface area (Å²) in [4.78, 5) is 25.6. The van der Waals surface area contributed by atoms with Crippen molar-refractivity contribution in [3.05, 3.63) is 51.6 Å². The first-order valence-electron chi connectivity index (χ1n) is 6.13. The Hall–Kier alpha value is -2.48. The number of pyridine rings is 1. The van der Waals surface area contributed by atoms with E-state index in [1.165, 1.54) is 0 Å². The number of carbonyl (C=O) groups excluding carboxylic acids is 1. The number of hydrogen-bond acceptors (Lipinski definition) is 5. The van der Waals surface area contributed by atoms with Gasteiger partial charge in [-0.1, -0.05) is 11.6 Å². The van der Waals surface area contributed by atoms with Crippen molar-refractivity contribution >= 4 is 23.2 Å². The van der Waals surface area contributed by atoms with Crippen LogP contribution in [0.4, 0.5) is 5.69 Å². The third-order valence-electron chi connectivity index (χ3n) is 2.69. The summed E-state index contributed by atoms with van der Waals surface area (Å²) in [6.07, 6.45) is 5.18. The molecule has 1 N–H and O–H groups in total. The summed E-state index contributed by atoms with van der Waals surface area (Å²) in [5.74, 6) is -0.489. The molecule has 0 aliphatic rings. The Morgan fingerprint density at radius 2 is 2.33 bits per heavy atom. The van der Waals surface area contributed by atoms with Crippen LogP contribution in [0.1, 0.15) is 16.8 Å². The Bertz CT molecular complexity index is 644. The van der Waals surface area contributed by atoms with E-state index >= 15 is 0 Å². The maximum Gasteiger partial charge on any atom is 0.288 e. The van der Waals surface area contributed by atoms with Gasteiger partial charge in [-0.2, -0.15) is 5.10 Å². The van der Waals surface area contributed by atoms with Crippen molar-refractivity contribution < 1.29 is 9.72 Å². The summed E-state index contributed by atoms with van der Waals surface area (Å²) in [6, 6.07) is 2.92. The molecular formula is C12H12ClN5O3. The van der Waals surface area contributed by atoms with Gasteiger partial charge < -0.3 is 5.32 Å². The highest BCUT2D eigenvalue weighted by Crippen LogP contribution is 2.18. The lowest BCUT2D eigenvalue weighted by molar-refractivity contribution is -0.385. The summed E-state index contributed by atoms with van der Waals surface area (Å²) < 4.78 is 1.74. The fourth-order valence-corrected chi connectivity index (χ4v) is 1.86. The molecule has 2 heterocycles. The SMILES string of the molecule is O=C(NCCCn1cccn1)c1cc([N+](=O)[O-])cnc1Cl. The number of rotatable bonds is 6. The van der Waals surface area contributed by atoms with E-state index in [4.69, 9.17) is 11.6 Å². The zero-order chi connectivity index (χ0) is 15.2. The van der Waals surface area contributed by atoms with E-state index in [0.717, 1.165) is 12.3 Å². The molecule has 0 saturated carbocycles. The number of aromatic nitrogens is 3. The Morgan fingerprint density at radius 3 is 3.00 bits per heavy atom. The van der Waals surface area contributed by atoms with Gasteiger partial charge in [0.05, 0.1) is 10.5 Å². The number of nitrogens with zero attached hydrogens (tertiary/aromatic N) is 4. The molecule has 1 amide bonds. The molecule has 0 radical (unpaired) electrons. The second-order valence-electron chi connectivity index (χ2n) is 4.17. The number of hydrogen-bond donors (Lipinski definition) is 1. The van der Waals surface area contributed by atoms with Crippen molar-refractivity contribution in [1.29, 1.82) is 0 Å². The molecule has 21 heavy (non-hydrogen) atoms. The molecule has 2 rings (SSSR count). The van der Waals surface area contributed by atoms with E-state index in [0.29, 0.717) is 19.5 Å². The molecule has 2 aromatic rings. The molecule has 110 valence electrons. The number of nitrogens with one attached hydrogen (secondary N) is 1. The first kappa shape index (κ1) is 14.9. The normalized spacial score (nSPS) is 10.3. The predicted molar refractivity (Wildman–Crippen MR) is 75.1 cm³/mol. The van der Waals surface area contributed by atoms with Crippen LogP contribution in [0.5, 0.6) is 0 Å². The first-order valence-corrected chi connectivity index (χ1v) is 6.51. The minimum atomic E-state index is -0.627. The topological polar surface area (TPSA) is 103 Å². The molecule has 0 fully saturated rings. The van der Waals surface area contributed by atoms with Gasteiger partial charge in [0.2, 0.25) is 0 Å². The largest absolute Gasteiger partial charge is 0.352 e. The molecule has 0 atom stereocenters. The third kappa shape index (κ3) is 3.99. The van der Waals surface area contributed by atoms with Crippen LogP contribution < -0.4 is 5.32 Å². The third-order valence-corrected chi connectivity index (χ3v) is 2.99. The Labute approximate surface area is 124 Å². The molecule has 2 aromatic heterocycles. The van der Waals surface area contributed by atoms with Crippen molar-refractivity contribution in [1.82, 2.24) is 20.1 Å². The van der Waals surface area contributed by atoms with E-state index in [1.807, 2.05) is 12.3 Å². The minimum absolute atomic E-state index is 0.00930. The number of aryl methyl sites for hydroxylation is 1. The molecule has 0 aliphatic carbocycles. The lowest BCUT2D eigenvalue weighted by Gasteiger charge is -2.06. The number of halogens is 1. The number of carbonyl (C=O) groups is 1. The highest BCUT2D eigenvalue weighted by molar-refractivity contribution is 6.32. The van der Waals surface area contributed by atoms with Gasteiger partial charge in [-0.15, -0.1) is 0 Å². The lowest BCUT2D eigenvalue weighted by atomic mass is 10.2. The quantitative estimate of drug-likeness (QED) is 0.378. The van der Waals surface area contributed by atoms with Crippen molar-refractivity contribution in [3.8, 4) is 0 Å². The fourth-order valence-electron chi connectivity index (χ4n) is 1.67. The molecule has 9 heteroatoms. The van der Waals surface area contributed by atoms with Crippen LogP contribution in [0.3, 0.4) is 0 Å². The van der Waals surface area contributed by atoms with Crippen LogP contribution in [0.2, 0.25) is 5.15 Å². The van der Waals surface area contributed by atoms with Crippen molar-refractivity contribution in [2.24, 2.45) is 0 Å². The number of amides is 1. The summed E-state index contributed by atoms with van der Waals surface area (Å²) in [5.41, 5.74) is -0.286. The minimum Gasteiger partial charge on any atom is -0.352 e. The van der Waals surface area contributed by atoms with Gasteiger partial charge in [0.25, 0.3) is 11.6 Å².